The fourth-order valence-electron chi connectivity index (χ4n) is 1.87. The summed E-state index contributed by atoms with van der Waals surface area (Å²) in [6, 6.07) is 5.74. The molecule has 1 heterocycles. The number of rotatable bonds is 2. The zero-order valence-electron chi connectivity index (χ0n) is 8.82. The third-order valence-corrected chi connectivity index (χ3v) is 2.67. The molecule has 3 nitrogen and oxygen atoms in total. The highest BCUT2D eigenvalue weighted by Crippen LogP contribution is 2.22. The number of nitrogens with zero attached hydrogens (tertiary/aromatic N) is 1. The lowest BCUT2D eigenvalue weighted by Gasteiger charge is -2.04. The number of carbonyl (C=O) groups is 1. The van der Waals surface area contributed by atoms with Crippen LogP contribution in [-0.4, -0.2) is 15.6 Å². The summed E-state index contributed by atoms with van der Waals surface area (Å²) in [4.78, 5) is 11.1. The van der Waals surface area contributed by atoms with Gasteiger partial charge in [-0.1, -0.05) is 6.92 Å². The van der Waals surface area contributed by atoms with Gasteiger partial charge in [-0.15, -0.1) is 0 Å². The molecule has 1 aromatic carbocycles. The van der Waals surface area contributed by atoms with Crippen molar-refractivity contribution in [3.63, 3.8) is 0 Å². The minimum Gasteiger partial charge on any atom is -0.478 e. The zero-order chi connectivity index (χ0) is 11.0. The second-order valence-corrected chi connectivity index (χ2v) is 3.67. The van der Waals surface area contributed by atoms with Gasteiger partial charge in [0.25, 0.3) is 0 Å². The van der Waals surface area contributed by atoms with E-state index in [0.717, 1.165) is 22.9 Å². The van der Waals surface area contributed by atoms with Crippen molar-refractivity contribution in [3.05, 3.63) is 35.5 Å². The largest absolute Gasteiger partial charge is 0.478 e. The van der Waals surface area contributed by atoms with Crippen LogP contribution < -0.4 is 0 Å². The highest BCUT2D eigenvalue weighted by Gasteiger charge is 2.12. The van der Waals surface area contributed by atoms with Crippen LogP contribution in [0.25, 0.3) is 10.9 Å². The van der Waals surface area contributed by atoms with Crippen molar-refractivity contribution in [3.8, 4) is 0 Å². The van der Waals surface area contributed by atoms with E-state index in [2.05, 4.69) is 0 Å². The quantitative estimate of drug-likeness (QED) is 0.814. The van der Waals surface area contributed by atoms with Gasteiger partial charge < -0.3 is 9.67 Å². The second-order valence-electron chi connectivity index (χ2n) is 3.67. The average Bonchev–Trinajstić information content (AvgIpc) is 2.59. The highest BCUT2D eigenvalue weighted by molar-refractivity contribution is 6.02. The van der Waals surface area contributed by atoms with Crippen LogP contribution >= 0.6 is 0 Å². The minimum atomic E-state index is -0.864. The van der Waals surface area contributed by atoms with Crippen molar-refractivity contribution in [2.75, 3.05) is 0 Å². The summed E-state index contributed by atoms with van der Waals surface area (Å²) in [5.74, 6) is -0.864. The molecule has 0 unspecified atom stereocenters. The van der Waals surface area contributed by atoms with Gasteiger partial charge in [0.05, 0.1) is 11.1 Å². The Labute approximate surface area is 87.9 Å². The summed E-state index contributed by atoms with van der Waals surface area (Å²) in [5.41, 5.74) is 2.24. The number of fused-ring (bicyclic) bond motifs is 1. The molecule has 0 bridgehead atoms. The maximum Gasteiger partial charge on any atom is 0.337 e. The average molecular weight is 203 g/mol. The van der Waals surface area contributed by atoms with E-state index in [9.17, 15) is 4.79 Å². The molecule has 1 N–H and O–H groups in total. The summed E-state index contributed by atoms with van der Waals surface area (Å²) in [6.45, 7) is 2.02. The molecule has 0 saturated heterocycles. The first-order chi connectivity index (χ1) is 7.13. The van der Waals surface area contributed by atoms with Gasteiger partial charge in [-0.2, -0.15) is 0 Å². The van der Waals surface area contributed by atoms with E-state index in [4.69, 9.17) is 5.11 Å². The van der Waals surface area contributed by atoms with Crippen LogP contribution in [0.4, 0.5) is 0 Å². The van der Waals surface area contributed by atoms with Crippen LogP contribution in [-0.2, 0) is 13.5 Å². The Balaban J connectivity index is 2.83. The topological polar surface area (TPSA) is 42.2 Å². The van der Waals surface area contributed by atoms with Gasteiger partial charge in [0.15, 0.2) is 0 Å². The van der Waals surface area contributed by atoms with Gasteiger partial charge in [0, 0.05) is 18.6 Å². The Bertz CT molecular complexity index is 526. The van der Waals surface area contributed by atoms with E-state index in [1.807, 2.05) is 36.9 Å². The molecule has 0 aliphatic rings. The fraction of sp³-hybridized carbons (Fsp3) is 0.250. The van der Waals surface area contributed by atoms with Gasteiger partial charge in [-0.05, 0) is 30.2 Å². The lowest BCUT2D eigenvalue weighted by molar-refractivity contribution is 0.0698. The van der Waals surface area contributed by atoms with Crippen molar-refractivity contribution in [1.29, 1.82) is 0 Å². The van der Waals surface area contributed by atoms with Crippen molar-refractivity contribution in [1.82, 2.24) is 4.57 Å². The van der Waals surface area contributed by atoms with Crippen LogP contribution in [0.3, 0.4) is 0 Å². The molecule has 0 radical (unpaired) electrons. The van der Waals surface area contributed by atoms with Crippen molar-refractivity contribution in [2.24, 2.45) is 7.05 Å². The summed E-state index contributed by atoms with van der Waals surface area (Å²) in [6.07, 6.45) is 2.74. The smallest absolute Gasteiger partial charge is 0.337 e. The lowest BCUT2D eigenvalue weighted by atomic mass is 10.0. The van der Waals surface area contributed by atoms with Crippen LogP contribution in [0.1, 0.15) is 22.8 Å². The van der Waals surface area contributed by atoms with Crippen LogP contribution in [0.2, 0.25) is 0 Å². The van der Waals surface area contributed by atoms with Crippen LogP contribution in [0, 0.1) is 0 Å². The van der Waals surface area contributed by atoms with Gasteiger partial charge in [-0.25, -0.2) is 4.79 Å². The van der Waals surface area contributed by atoms with Crippen molar-refractivity contribution >= 4 is 16.9 Å². The second kappa shape index (κ2) is 3.42. The zero-order valence-corrected chi connectivity index (χ0v) is 8.82. The Morgan fingerprint density at radius 3 is 2.80 bits per heavy atom. The lowest BCUT2D eigenvalue weighted by Crippen LogP contribution is -2.01. The van der Waals surface area contributed by atoms with E-state index in [0.29, 0.717) is 5.56 Å². The number of carboxylic acids is 1. The number of aryl methyl sites for hydroxylation is 2. The summed E-state index contributed by atoms with van der Waals surface area (Å²) in [5, 5.41) is 10.1. The molecular weight excluding hydrogens is 190 g/mol. The molecule has 0 aliphatic carbocycles. The molecule has 3 heteroatoms. The molecular formula is C12H13NO2. The Morgan fingerprint density at radius 2 is 2.20 bits per heavy atom. The summed E-state index contributed by atoms with van der Waals surface area (Å²) < 4.78 is 1.85. The van der Waals surface area contributed by atoms with Crippen LogP contribution in [0.5, 0.6) is 0 Å². The molecule has 15 heavy (non-hydrogen) atoms. The Hall–Kier alpha value is -1.77. The van der Waals surface area contributed by atoms with Gasteiger partial charge in [0.2, 0.25) is 0 Å². The Kier molecular flexibility index (Phi) is 2.23. The standard InChI is InChI=1S/C12H13NO2/c1-3-8-6-9-4-5-13(2)11(9)10(7-8)12(14)15/h4-7H,3H2,1-2H3,(H,14,15). The third kappa shape index (κ3) is 1.50. The number of hydrogen-bond acceptors (Lipinski definition) is 1. The highest BCUT2D eigenvalue weighted by atomic mass is 16.4. The maximum absolute atomic E-state index is 11.1. The first kappa shape index (κ1) is 9.77. The van der Waals surface area contributed by atoms with Gasteiger partial charge >= 0.3 is 5.97 Å². The number of carboxylic acid groups (broad SMARTS) is 1. The first-order valence-corrected chi connectivity index (χ1v) is 4.94. The molecule has 2 rings (SSSR count). The van der Waals surface area contributed by atoms with E-state index < -0.39 is 5.97 Å². The van der Waals surface area contributed by atoms with Crippen molar-refractivity contribution in [2.45, 2.75) is 13.3 Å². The van der Waals surface area contributed by atoms with E-state index in [-0.39, 0.29) is 0 Å². The molecule has 0 atom stereocenters. The Morgan fingerprint density at radius 1 is 1.47 bits per heavy atom. The monoisotopic (exact) mass is 203 g/mol. The fourth-order valence-corrected chi connectivity index (χ4v) is 1.87. The number of aromatic carboxylic acids is 1. The molecule has 0 amide bonds. The number of aromatic nitrogens is 1. The molecule has 0 spiro atoms. The van der Waals surface area contributed by atoms with E-state index in [1.54, 1.807) is 6.07 Å². The number of benzene rings is 1. The van der Waals surface area contributed by atoms with E-state index in [1.165, 1.54) is 0 Å². The SMILES string of the molecule is CCc1cc(C(=O)O)c2c(ccn2C)c1. The molecule has 0 fully saturated rings. The maximum atomic E-state index is 11.1. The third-order valence-electron chi connectivity index (χ3n) is 2.67. The molecule has 0 aliphatic heterocycles. The molecule has 0 saturated carbocycles. The van der Waals surface area contributed by atoms with Crippen LogP contribution in [0.15, 0.2) is 24.4 Å². The van der Waals surface area contributed by atoms with Gasteiger partial charge in [0.1, 0.15) is 0 Å². The molecule has 2 aromatic rings. The molecule has 78 valence electrons. The van der Waals surface area contributed by atoms with E-state index >= 15 is 0 Å². The predicted molar refractivity (Wildman–Crippen MR) is 59.3 cm³/mol. The predicted octanol–water partition coefficient (Wildman–Crippen LogP) is 2.44. The van der Waals surface area contributed by atoms with Gasteiger partial charge in [-0.3, -0.25) is 0 Å². The summed E-state index contributed by atoms with van der Waals surface area (Å²) >= 11 is 0. The minimum absolute atomic E-state index is 0.386. The first-order valence-electron chi connectivity index (χ1n) is 4.94. The van der Waals surface area contributed by atoms with Crippen molar-refractivity contribution < 1.29 is 9.90 Å². The summed E-state index contributed by atoms with van der Waals surface area (Å²) in [7, 11) is 1.86. The molecule has 1 aromatic heterocycles. The normalized spacial score (nSPS) is 10.8. The number of hydrogen-bond donors (Lipinski definition) is 1.